The molecule has 4 nitrogen and oxygen atoms in total. The van der Waals surface area contributed by atoms with Gasteiger partial charge in [-0.05, 0) is 39.7 Å². The highest BCUT2D eigenvalue weighted by Gasteiger charge is 2.49. The average Bonchev–Trinajstić information content (AvgIpc) is 2.24. The molecule has 0 unspecified atom stereocenters. The number of nitrogens with zero attached hydrogens (tertiary/aromatic N) is 1. The van der Waals surface area contributed by atoms with Crippen LogP contribution in [-0.4, -0.2) is 48.2 Å². The lowest BCUT2D eigenvalue weighted by molar-refractivity contribution is -0.111. The van der Waals surface area contributed by atoms with E-state index in [-0.39, 0.29) is 18.4 Å². The Bertz CT molecular complexity index is 355. The van der Waals surface area contributed by atoms with Crippen molar-refractivity contribution in [3.63, 3.8) is 0 Å². The number of ether oxygens (including phenoxy) is 1. The number of fused-ring (bicyclic) bond motifs is 1. The second kappa shape index (κ2) is 4.89. The first-order valence-electron chi connectivity index (χ1n) is 6.76. The molecular weight excluding hydrogens is 254 g/mol. The summed E-state index contributed by atoms with van der Waals surface area (Å²) in [6, 6.07) is -0.178. The number of nitrogens with one attached hydrogen (secondary N) is 1. The molecule has 2 rings (SSSR count). The van der Waals surface area contributed by atoms with Crippen molar-refractivity contribution < 1.29 is 18.3 Å². The van der Waals surface area contributed by atoms with Crippen molar-refractivity contribution in [3.05, 3.63) is 0 Å². The van der Waals surface area contributed by atoms with Crippen molar-refractivity contribution in [1.82, 2.24) is 10.2 Å². The zero-order valence-corrected chi connectivity index (χ0v) is 11.7. The van der Waals surface area contributed by atoms with Gasteiger partial charge in [0.05, 0.1) is 12.6 Å². The minimum absolute atomic E-state index is 0.126. The fourth-order valence-corrected chi connectivity index (χ4v) is 2.83. The normalized spacial score (nSPS) is 30.7. The van der Waals surface area contributed by atoms with E-state index in [1.807, 2.05) is 0 Å². The number of alkyl halides is 2. The number of carbonyl (C=O) groups is 1. The molecule has 19 heavy (non-hydrogen) atoms. The largest absolute Gasteiger partial charge is 0.444 e. The van der Waals surface area contributed by atoms with Crippen LogP contribution in [0.25, 0.3) is 0 Å². The minimum atomic E-state index is -2.81. The van der Waals surface area contributed by atoms with Gasteiger partial charge in [0.15, 0.2) is 0 Å². The summed E-state index contributed by atoms with van der Waals surface area (Å²) in [7, 11) is 0. The van der Waals surface area contributed by atoms with E-state index in [0.29, 0.717) is 13.0 Å². The van der Waals surface area contributed by atoms with Crippen molar-refractivity contribution in [3.8, 4) is 0 Å². The zero-order chi connectivity index (χ0) is 14.3. The van der Waals surface area contributed by atoms with Gasteiger partial charge in [0.2, 0.25) is 0 Å². The van der Waals surface area contributed by atoms with Gasteiger partial charge in [0.25, 0.3) is 5.92 Å². The molecule has 2 fully saturated rings. The zero-order valence-electron chi connectivity index (χ0n) is 11.7. The van der Waals surface area contributed by atoms with Crippen molar-refractivity contribution >= 4 is 6.09 Å². The number of hydrogen-bond donors (Lipinski definition) is 1. The van der Waals surface area contributed by atoms with Gasteiger partial charge in [0.1, 0.15) is 5.60 Å². The van der Waals surface area contributed by atoms with E-state index in [0.717, 1.165) is 6.54 Å². The highest BCUT2D eigenvalue weighted by atomic mass is 19.3. The van der Waals surface area contributed by atoms with Gasteiger partial charge in [-0.3, -0.25) is 4.90 Å². The second-order valence-corrected chi connectivity index (χ2v) is 6.49. The molecule has 2 atom stereocenters. The van der Waals surface area contributed by atoms with E-state index in [2.05, 4.69) is 5.32 Å². The van der Waals surface area contributed by atoms with Crippen molar-refractivity contribution in [2.45, 2.75) is 51.2 Å². The Hall–Kier alpha value is -0.910. The highest BCUT2D eigenvalue weighted by Crippen LogP contribution is 2.37. The van der Waals surface area contributed by atoms with Crippen LogP contribution in [0.4, 0.5) is 13.6 Å². The quantitative estimate of drug-likeness (QED) is 0.738. The van der Waals surface area contributed by atoms with Gasteiger partial charge in [-0.1, -0.05) is 0 Å². The van der Waals surface area contributed by atoms with Crippen molar-refractivity contribution in [2.24, 2.45) is 5.92 Å². The van der Waals surface area contributed by atoms with Crippen LogP contribution in [0.1, 0.15) is 33.6 Å². The van der Waals surface area contributed by atoms with Gasteiger partial charge in [-0.15, -0.1) is 0 Å². The van der Waals surface area contributed by atoms with E-state index < -0.39 is 24.2 Å². The summed E-state index contributed by atoms with van der Waals surface area (Å²) >= 11 is 0. The van der Waals surface area contributed by atoms with E-state index in [4.69, 9.17) is 4.74 Å². The van der Waals surface area contributed by atoms with Crippen LogP contribution in [0.15, 0.2) is 0 Å². The molecule has 2 aliphatic rings. The Morgan fingerprint density at radius 2 is 2.11 bits per heavy atom. The van der Waals surface area contributed by atoms with Crippen LogP contribution in [0.2, 0.25) is 0 Å². The third-order valence-corrected chi connectivity index (χ3v) is 3.58. The van der Waals surface area contributed by atoms with Gasteiger partial charge in [0, 0.05) is 13.0 Å². The van der Waals surface area contributed by atoms with Crippen LogP contribution >= 0.6 is 0 Å². The molecule has 1 N–H and O–H groups in total. The fraction of sp³-hybridized carbons (Fsp3) is 0.923. The molecular formula is C13H22F2N2O2. The van der Waals surface area contributed by atoms with Crippen LogP contribution in [0, 0.1) is 5.92 Å². The molecule has 0 radical (unpaired) electrons. The second-order valence-electron chi connectivity index (χ2n) is 6.49. The summed E-state index contributed by atoms with van der Waals surface area (Å²) < 4.78 is 32.7. The Balaban J connectivity index is 2.13. The van der Waals surface area contributed by atoms with Crippen molar-refractivity contribution in [2.75, 3.05) is 19.6 Å². The first-order chi connectivity index (χ1) is 8.68. The van der Waals surface area contributed by atoms with Gasteiger partial charge in [-0.2, -0.15) is 0 Å². The maximum Gasteiger partial charge on any atom is 0.410 e. The molecule has 1 amide bonds. The molecule has 6 heteroatoms. The lowest BCUT2D eigenvalue weighted by atomic mass is 9.83. The summed E-state index contributed by atoms with van der Waals surface area (Å²) in [5, 5.41) is 3.16. The summed E-state index contributed by atoms with van der Waals surface area (Å²) in [5.41, 5.74) is -0.665. The predicted molar refractivity (Wildman–Crippen MR) is 67.3 cm³/mol. The Morgan fingerprint density at radius 1 is 1.42 bits per heavy atom. The Kier molecular flexibility index (Phi) is 3.73. The number of piperidine rings is 2. The lowest BCUT2D eigenvalue weighted by Gasteiger charge is -2.46. The Morgan fingerprint density at radius 3 is 2.74 bits per heavy atom. The molecule has 2 aliphatic heterocycles. The highest BCUT2D eigenvalue weighted by molar-refractivity contribution is 5.69. The third kappa shape index (κ3) is 3.55. The topological polar surface area (TPSA) is 41.6 Å². The van der Waals surface area contributed by atoms with Crippen molar-refractivity contribution in [1.29, 1.82) is 0 Å². The number of rotatable bonds is 0. The third-order valence-electron chi connectivity index (χ3n) is 3.58. The van der Waals surface area contributed by atoms with Crippen LogP contribution in [0.5, 0.6) is 0 Å². The molecule has 0 aliphatic carbocycles. The molecule has 0 aromatic rings. The number of amides is 1. The molecule has 2 saturated heterocycles. The van der Waals surface area contributed by atoms with E-state index >= 15 is 0 Å². The summed E-state index contributed by atoms with van der Waals surface area (Å²) in [4.78, 5) is 13.3. The summed E-state index contributed by atoms with van der Waals surface area (Å²) in [5.74, 6) is -2.95. The SMILES string of the molecule is CC(C)(C)OC(=O)N1CC(F)(F)C[C@@H]2CCNC[C@@H]21. The smallest absolute Gasteiger partial charge is 0.410 e. The van der Waals surface area contributed by atoms with Gasteiger partial charge >= 0.3 is 6.09 Å². The number of likely N-dealkylation sites (tertiary alicyclic amines) is 1. The Labute approximate surface area is 112 Å². The number of carbonyl (C=O) groups excluding carboxylic acids is 1. The number of hydrogen-bond acceptors (Lipinski definition) is 3. The molecule has 0 bridgehead atoms. The minimum Gasteiger partial charge on any atom is -0.444 e. The molecule has 0 aromatic carbocycles. The first-order valence-corrected chi connectivity index (χ1v) is 6.76. The van der Waals surface area contributed by atoms with E-state index in [9.17, 15) is 13.6 Å². The summed E-state index contributed by atoms with van der Waals surface area (Å²) in [6.45, 7) is 5.99. The first kappa shape index (κ1) is 14.5. The summed E-state index contributed by atoms with van der Waals surface area (Å²) in [6.07, 6.45) is -0.0800. The molecule has 0 spiro atoms. The van der Waals surface area contributed by atoms with E-state index in [1.165, 1.54) is 4.90 Å². The molecule has 0 saturated carbocycles. The molecule has 2 heterocycles. The lowest BCUT2D eigenvalue weighted by Crippen LogP contribution is -2.61. The average molecular weight is 276 g/mol. The maximum absolute atomic E-state index is 13.7. The number of halogens is 2. The predicted octanol–water partition coefficient (Wildman–Crippen LogP) is 2.24. The fourth-order valence-electron chi connectivity index (χ4n) is 2.83. The monoisotopic (exact) mass is 276 g/mol. The van der Waals surface area contributed by atoms with Crippen LogP contribution < -0.4 is 5.32 Å². The van der Waals surface area contributed by atoms with E-state index in [1.54, 1.807) is 20.8 Å². The van der Waals surface area contributed by atoms with Gasteiger partial charge < -0.3 is 10.1 Å². The van der Waals surface area contributed by atoms with Crippen LogP contribution in [0.3, 0.4) is 0 Å². The molecule has 110 valence electrons. The van der Waals surface area contributed by atoms with Crippen LogP contribution in [-0.2, 0) is 4.74 Å². The standard InChI is InChI=1S/C13H22F2N2O2/c1-12(2,3)19-11(18)17-8-13(14,15)6-9-4-5-16-7-10(9)17/h9-10,16H,4-8H2,1-3H3/t9-,10-/m0/s1. The van der Waals surface area contributed by atoms with Gasteiger partial charge in [-0.25, -0.2) is 13.6 Å². The molecule has 0 aromatic heterocycles. The maximum atomic E-state index is 13.7.